The van der Waals surface area contributed by atoms with Gasteiger partial charge in [-0.05, 0) is 37.8 Å². The summed E-state index contributed by atoms with van der Waals surface area (Å²) in [5.41, 5.74) is 5.52. The number of carbonyl (C=O) groups is 3. The van der Waals surface area contributed by atoms with Gasteiger partial charge in [-0.3, -0.25) is 15.6 Å². The van der Waals surface area contributed by atoms with Gasteiger partial charge in [0.05, 0.1) is 11.3 Å². The zero-order chi connectivity index (χ0) is 17.1. The van der Waals surface area contributed by atoms with Crippen LogP contribution in [0.3, 0.4) is 0 Å². The number of hydrazine groups is 1. The van der Waals surface area contributed by atoms with Gasteiger partial charge in [0, 0.05) is 12.6 Å². The molecule has 1 heterocycles. The fourth-order valence-corrected chi connectivity index (χ4v) is 2.76. The number of carboxylic acid groups (broad SMARTS) is 1. The van der Waals surface area contributed by atoms with Crippen molar-refractivity contribution in [3.63, 3.8) is 0 Å². The number of para-hydroxylation sites is 1. The van der Waals surface area contributed by atoms with Gasteiger partial charge < -0.3 is 15.3 Å². The lowest BCUT2D eigenvalue weighted by atomic mass is 10.2. The summed E-state index contributed by atoms with van der Waals surface area (Å²) in [6, 6.07) is 5.78. The highest BCUT2D eigenvalue weighted by atomic mass is 16.4. The molecule has 4 N–H and O–H groups in total. The Morgan fingerprint density at radius 1 is 1.12 bits per heavy atom. The van der Waals surface area contributed by atoms with Gasteiger partial charge in [-0.25, -0.2) is 9.59 Å². The van der Waals surface area contributed by atoms with E-state index in [0.29, 0.717) is 18.7 Å². The number of benzene rings is 1. The van der Waals surface area contributed by atoms with Crippen molar-refractivity contribution in [3.05, 3.63) is 29.8 Å². The quantitative estimate of drug-likeness (QED) is 0.605. The molecule has 1 aromatic rings. The van der Waals surface area contributed by atoms with E-state index in [4.69, 9.17) is 5.11 Å². The van der Waals surface area contributed by atoms with Crippen LogP contribution in [-0.4, -0.2) is 46.5 Å². The number of anilines is 1. The van der Waals surface area contributed by atoms with Crippen LogP contribution in [-0.2, 0) is 4.79 Å². The summed E-state index contributed by atoms with van der Waals surface area (Å²) in [6.07, 6.45) is 3.34. The first-order chi connectivity index (χ1) is 11.6. The van der Waals surface area contributed by atoms with Crippen molar-refractivity contribution < 1.29 is 19.5 Å². The second-order valence-electron chi connectivity index (χ2n) is 6.04. The van der Waals surface area contributed by atoms with Crippen LogP contribution in [0, 0.1) is 0 Å². The molecule has 0 spiro atoms. The van der Waals surface area contributed by atoms with Gasteiger partial charge in [0.2, 0.25) is 0 Å². The molecule has 1 saturated heterocycles. The van der Waals surface area contributed by atoms with E-state index in [0.717, 1.165) is 19.3 Å². The lowest BCUT2D eigenvalue weighted by Gasteiger charge is -2.24. The van der Waals surface area contributed by atoms with Crippen molar-refractivity contribution in [3.8, 4) is 0 Å². The summed E-state index contributed by atoms with van der Waals surface area (Å²) in [5, 5.41) is 12.0. The van der Waals surface area contributed by atoms with Crippen molar-refractivity contribution in [2.24, 2.45) is 0 Å². The standard InChI is InChI=1S/C16H20N4O4/c21-14(19-18-12-5-2-1-4-11(12)15(22)23)13-6-3-9-20(13)16(24)17-10-7-8-10/h1-2,4-5,10,13,18H,3,6-9H2,(H,17,24)(H,19,21)(H,22,23)/t13-/m0/s1. The summed E-state index contributed by atoms with van der Waals surface area (Å²) < 4.78 is 0. The smallest absolute Gasteiger partial charge is 0.337 e. The molecule has 128 valence electrons. The first-order valence-electron chi connectivity index (χ1n) is 8.01. The number of urea groups is 1. The predicted molar refractivity (Wildman–Crippen MR) is 86.4 cm³/mol. The lowest BCUT2D eigenvalue weighted by molar-refractivity contribution is -0.124. The normalized spacial score (nSPS) is 19.7. The minimum atomic E-state index is -1.08. The van der Waals surface area contributed by atoms with Crippen LogP contribution in [0.15, 0.2) is 24.3 Å². The third-order valence-electron chi connectivity index (χ3n) is 4.20. The molecule has 24 heavy (non-hydrogen) atoms. The van der Waals surface area contributed by atoms with Gasteiger partial charge in [0.25, 0.3) is 5.91 Å². The van der Waals surface area contributed by atoms with Gasteiger partial charge in [-0.15, -0.1) is 0 Å². The molecule has 8 heteroatoms. The topological polar surface area (TPSA) is 111 Å². The van der Waals surface area contributed by atoms with Crippen LogP contribution in [0.5, 0.6) is 0 Å². The Morgan fingerprint density at radius 3 is 2.58 bits per heavy atom. The van der Waals surface area contributed by atoms with E-state index >= 15 is 0 Å². The lowest BCUT2D eigenvalue weighted by Crippen LogP contribution is -2.51. The van der Waals surface area contributed by atoms with Crippen molar-refractivity contribution in [1.82, 2.24) is 15.6 Å². The van der Waals surface area contributed by atoms with E-state index in [9.17, 15) is 14.4 Å². The second-order valence-corrected chi connectivity index (χ2v) is 6.04. The molecule has 1 saturated carbocycles. The van der Waals surface area contributed by atoms with Crippen molar-refractivity contribution in [2.75, 3.05) is 12.0 Å². The van der Waals surface area contributed by atoms with Gasteiger partial charge in [0.1, 0.15) is 6.04 Å². The number of likely N-dealkylation sites (tertiary alicyclic amines) is 1. The van der Waals surface area contributed by atoms with E-state index in [1.165, 1.54) is 6.07 Å². The first kappa shape index (κ1) is 16.1. The third-order valence-corrected chi connectivity index (χ3v) is 4.20. The number of hydrogen-bond donors (Lipinski definition) is 4. The number of nitrogens with zero attached hydrogens (tertiary/aromatic N) is 1. The van der Waals surface area contributed by atoms with Gasteiger partial charge in [-0.2, -0.15) is 0 Å². The Kier molecular flexibility index (Phi) is 4.54. The Labute approximate surface area is 139 Å². The molecule has 1 aliphatic carbocycles. The zero-order valence-corrected chi connectivity index (χ0v) is 13.1. The van der Waals surface area contributed by atoms with Gasteiger partial charge in [-0.1, -0.05) is 12.1 Å². The summed E-state index contributed by atoms with van der Waals surface area (Å²) in [5.74, 6) is -1.43. The molecule has 0 unspecified atom stereocenters. The molecule has 1 atom stereocenters. The van der Waals surface area contributed by atoms with Gasteiger partial charge >= 0.3 is 12.0 Å². The summed E-state index contributed by atoms with van der Waals surface area (Å²) in [4.78, 5) is 37.2. The molecule has 0 aromatic heterocycles. The fourth-order valence-electron chi connectivity index (χ4n) is 2.76. The monoisotopic (exact) mass is 332 g/mol. The van der Waals surface area contributed by atoms with E-state index in [2.05, 4.69) is 16.2 Å². The van der Waals surface area contributed by atoms with Crippen molar-refractivity contribution >= 4 is 23.6 Å². The highest BCUT2D eigenvalue weighted by molar-refractivity contribution is 5.95. The Balaban J connectivity index is 1.60. The number of aromatic carboxylic acids is 1. The van der Waals surface area contributed by atoms with Crippen LogP contribution in [0.1, 0.15) is 36.0 Å². The molecule has 0 radical (unpaired) electrons. The Morgan fingerprint density at radius 2 is 1.88 bits per heavy atom. The minimum Gasteiger partial charge on any atom is -0.478 e. The first-order valence-corrected chi connectivity index (χ1v) is 8.01. The number of hydrogen-bond acceptors (Lipinski definition) is 4. The van der Waals surface area contributed by atoms with Crippen LogP contribution in [0.4, 0.5) is 10.5 Å². The Bertz CT molecular complexity index is 659. The number of carboxylic acids is 1. The molecule has 3 rings (SSSR count). The fraction of sp³-hybridized carbons (Fsp3) is 0.438. The maximum absolute atomic E-state index is 12.4. The zero-order valence-electron chi connectivity index (χ0n) is 13.1. The number of rotatable bonds is 5. The Hall–Kier alpha value is -2.77. The van der Waals surface area contributed by atoms with Crippen LogP contribution in [0.25, 0.3) is 0 Å². The van der Waals surface area contributed by atoms with E-state index in [1.54, 1.807) is 23.1 Å². The molecule has 8 nitrogen and oxygen atoms in total. The minimum absolute atomic E-state index is 0.0626. The second kappa shape index (κ2) is 6.77. The van der Waals surface area contributed by atoms with E-state index in [1.807, 2.05) is 0 Å². The average molecular weight is 332 g/mol. The van der Waals surface area contributed by atoms with Crippen molar-refractivity contribution in [1.29, 1.82) is 0 Å². The molecular formula is C16H20N4O4. The molecule has 2 aliphatic rings. The molecule has 1 aromatic carbocycles. The number of carbonyl (C=O) groups excluding carboxylic acids is 2. The van der Waals surface area contributed by atoms with Gasteiger partial charge in [0.15, 0.2) is 0 Å². The molecule has 2 fully saturated rings. The summed E-state index contributed by atoms with van der Waals surface area (Å²) >= 11 is 0. The molecule has 0 bridgehead atoms. The molecule has 1 aliphatic heterocycles. The molecule has 3 amide bonds. The maximum atomic E-state index is 12.4. The molecular weight excluding hydrogens is 312 g/mol. The largest absolute Gasteiger partial charge is 0.478 e. The van der Waals surface area contributed by atoms with E-state index in [-0.39, 0.29) is 23.5 Å². The highest BCUT2D eigenvalue weighted by Gasteiger charge is 2.36. The third kappa shape index (κ3) is 3.58. The predicted octanol–water partition coefficient (Wildman–Crippen LogP) is 1.16. The highest BCUT2D eigenvalue weighted by Crippen LogP contribution is 2.22. The van der Waals surface area contributed by atoms with Crippen LogP contribution >= 0.6 is 0 Å². The van der Waals surface area contributed by atoms with E-state index < -0.39 is 12.0 Å². The maximum Gasteiger partial charge on any atom is 0.337 e. The average Bonchev–Trinajstić information content (AvgIpc) is 3.24. The number of nitrogens with one attached hydrogen (secondary N) is 3. The summed E-state index contributed by atoms with van der Waals surface area (Å²) in [6.45, 7) is 0.544. The summed E-state index contributed by atoms with van der Waals surface area (Å²) in [7, 11) is 0. The van der Waals surface area contributed by atoms with Crippen LogP contribution in [0.2, 0.25) is 0 Å². The van der Waals surface area contributed by atoms with Crippen molar-refractivity contribution in [2.45, 2.75) is 37.8 Å². The van der Waals surface area contributed by atoms with Crippen LogP contribution < -0.4 is 16.2 Å². The number of amides is 3. The SMILES string of the molecule is O=C(O)c1ccccc1NNC(=O)[C@@H]1CCCN1C(=O)NC1CC1.